The highest BCUT2D eigenvalue weighted by Gasteiger charge is 2.41. The van der Waals surface area contributed by atoms with Crippen molar-refractivity contribution < 1.29 is 5.11 Å². The minimum Gasteiger partial charge on any atom is -0.396 e. The maximum Gasteiger partial charge on any atom is 0.0471 e. The number of hydrogen-bond acceptors (Lipinski definition) is 2. The summed E-state index contributed by atoms with van der Waals surface area (Å²) in [6.07, 6.45) is 4.45. The van der Waals surface area contributed by atoms with Crippen LogP contribution in [0.15, 0.2) is 24.4 Å². The summed E-state index contributed by atoms with van der Waals surface area (Å²) < 4.78 is 0. The first kappa shape index (κ1) is 13.4. The van der Waals surface area contributed by atoms with Gasteiger partial charge < -0.3 is 10.1 Å². The molecule has 0 bridgehead atoms. The summed E-state index contributed by atoms with van der Waals surface area (Å²) in [6, 6.07) is 7.76. The summed E-state index contributed by atoms with van der Waals surface area (Å²) in [5.74, 6) is 0.967. The molecule has 1 saturated heterocycles. The Hall–Kier alpha value is -1.32. The van der Waals surface area contributed by atoms with Crippen molar-refractivity contribution in [3.05, 3.63) is 35.5 Å². The van der Waals surface area contributed by atoms with Crippen molar-refractivity contribution in [2.24, 2.45) is 5.92 Å². The molecule has 1 unspecified atom stereocenters. The molecule has 112 valence electrons. The number of aromatic nitrogens is 1. The van der Waals surface area contributed by atoms with E-state index in [0.29, 0.717) is 30.5 Å². The monoisotopic (exact) mass is 284 g/mol. The number of piperidine rings is 1. The van der Waals surface area contributed by atoms with Crippen molar-refractivity contribution in [3.63, 3.8) is 0 Å². The standard InChI is InChI=1S/C18H24N2O/c1-11(2)20-9-12(10-21)6-15-14-4-3-5-16-18(14)13(8-19-16)7-17(15)20/h3-5,8,11-12,15,17,19,21H,6-7,9-10H2,1-2H3/t12-,15?,17-/m1/s1. The van der Waals surface area contributed by atoms with E-state index in [-0.39, 0.29) is 0 Å². The normalized spacial score (nSPS) is 29.0. The summed E-state index contributed by atoms with van der Waals surface area (Å²) in [6.45, 7) is 5.90. The van der Waals surface area contributed by atoms with E-state index < -0.39 is 0 Å². The lowest BCUT2D eigenvalue weighted by Crippen LogP contribution is -2.53. The Morgan fingerprint density at radius 3 is 3.00 bits per heavy atom. The highest BCUT2D eigenvalue weighted by atomic mass is 16.3. The number of H-pyrrole nitrogens is 1. The number of likely N-dealkylation sites (tertiary alicyclic amines) is 1. The van der Waals surface area contributed by atoms with E-state index in [4.69, 9.17) is 0 Å². The number of hydrogen-bond donors (Lipinski definition) is 2. The number of benzene rings is 1. The van der Waals surface area contributed by atoms with E-state index in [9.17, 15) is 5.11 Å². The van der Waals surface area contributed by atoms with Gasteiger partial charge in [0, 0.05) is 48.3 Å². The Morgan fingerprint density at radius 2 is 2.24 bits per heavy atom. The van der Waals surface area contributed by atoms with E-state index in [1.165, 1.54) is 22.0 Å². The Bertz CT molecular complexity index is 660. The zero-order valence-electron chi connectivity index (χ0n) is 12.8. The zero-order valence-corrected chi connectivity index (χ0v) is 12.8. The van der Waals surface area contributed by atoms with Gasteiger partial charge in [0.1, 0.15) is 0 Å². The van der Waals surface area contributed by atoms with Crippen LogP contribution in [0.4, 0.5) is 0 Å². The number of rotatable bonds is 2. The van der Waals surface area contributed by atoms with Gasteiger partial charge in [-0.15, -0.1) is 0 Å². The van der Waals surface area contributed by atoms with Gasteiger partial charge in [0.15, 0.2) is 0 Å². The van der Waals surface area contributed by atoms with Gasteiger partial charge in [0.2, 0.25) is 0 Å². The number of aromatic amines is 1. The summed E-state index contributed by atoms with van der Waals surface area (Å²) in [7, 11) is 0. The van der Waals surface area contributed by atoms with Crippen molar-refractivity contribution in [3.8, 4) is 0 Å². The Morgan fingerprint density at radius 1 is 1.38 bits per heavy atom. The van der Waals surface area contributed by atoms with Crippen LogP contribution in [0.2, 0.25) is 0 Å². The van der Waals surface area contributed by atoms with E-state index in [2.05, 4.69) is 48.1 Å². The van der Waals surface area contributed by atoms with Crippen LogP contribution in [0.5, 0.6) is 0 Å². The third kappa shape index (κ3) is 1.95. The van der Waals surface area contributed by atoms with E-state index in [0.717, 1.165) is 19.4 Å². The third-order valence-corrected chi connectivity index (χ3v) is 5.52. The van der Waals surface area contributed by atoms with Gasteiger partial charge in [-0.3, -0.25) is 4.90 Å². The molecule has 21 heavy (non-hydrogen) atoms. The fourth-order valence-electron chi connectivity index (χ4n) is 4.56. The van der Waals surface area contributed by atoms with Crippen molar-refractivity contribution in [1.82, 2.24) is 9.88 Å². The molecule has 1 aromatic carbocycles. The second-order valence-corrected chi connectivity index (χ2v) is 7.04. The maximum atomic E-state index is 9.70. The SMILES string of the molecule is CC(C)N1C[C@H](CO)CC2c3cccc4[nH]cc(c34)C[C@H]21. The third-order valence-electron chi connectivity index (χ3n) is 5.52. The molecular formula is C18H24N2O. The molecule has 4 rings (SSSR count). The lowest BCUT2D eigenvalue weighted by Gasteiger charge is -2.48. The Kier molecular flexibility index (Phi) is 3.09. The van der Waals surface area contributed by atoms with Crippen LogP contribution in [0, 0.1) is 5.92 Å². The molecular weight excluding hydrogens is 260 g/mol. The van der Waals surface area contributed by atoms with Gasteiger partial charge in [-0.25, -0.2) is 0 Å². The first-order valence-electron chi connectivity index (χ1n) is 8.14. The van der Waals surface area contributed by atoms with Crippen molar-refractivity contribution in [2.45, 2.75) is 44.7 Å². The van der Waals surface area contributed by atoms with E-state index in [1.54, 1.807) is 0 Å². The quantitative estimate of drug-likeness (QED) is 0.890. The molecule has 0 amide bonds. The maximum absolute atomic E-state index is 9.70. The van der Waals surface area contributed by atoms with Crippen molar-refractivity contribution in [2.75, 3.05) is 13.2 Å². The van der Waals surface area contributed by atoms with Crippen LogP contribution < -0.4 is 0 Å². The minimum absolute atomic E-state index is 0.308. The predicted octanol–water partition coefficient (Wildman–Crippen LogP) is 2.90. The topological polar surface area (TPSA) is 39.3 Å². The fourth-order valence-corrected chi connectivity index (χ4v) is 4.56. The molecule has 3 atom stereocenters. The molecule has 3 nitrogen and oxygen atoms in total. The van der Waals surface area contributed by atoms with Crippen molar-refractivity contribution in [1.29, 1.82) is 0 Å². The van der Waals surface area contributed by atoms with Gasteiger partial charge >= 0.3 is 0 Å². The molecule has 0 spiro atoms. The Labute approximate surface area is 126 Å². The second-order valence-electron chi connectivity index (χ2n) is 7.04. The average Bonchev–Trinajstić information content (AvgIpc) is 2.91. The highest BCUT2D eigenvalue weighted by molar-refractivity contribution is 5.88. The molecule has 1 aromatic heterocycles. The molecule has 1 fully saturated rings. The molecule has 3 heteroatoms. The number of aliphatic hydroxyl groups is 1. The second kappa shape index (κ2) is 4.85. The van der Waals surface area contributed by atoms with Crippen LogP contribution in [-0.4, -0.2) is 40.2 Å². The Balaban J connectivity index is 1.83. The lowest BCUT2D eigenvalue weighted by molar-refractivity contribution is 0.0353. The summed E-state index contributed by atoms with van der Waals surface area (Å²) >= 11 is 0. The molecule has 2 aromatic rings. The van der Waals surface area contributed by atoms with Crippen LogP contribution in [0.1, 0.15) is 37.3 Å². The molecule has 0 saturated carbocycles. The number of aliphatic hydroxyl groups excluding tert-OH is 1. The molecule has 2 N–H and O–H groups in total. The van der Waals surface area contributed by atoms with E-state index >= 15 is 0 Å². The van der Waals surface area contributed by atoms with Gasteiger partial charge in [-0.1, -0.05) is 12.1 Å². The number of fused-ring (bicyclic) bond motifs is 2. The zero-order chi connectivity index (χ0) is 14.6. The van der Waals surface area contributed by atoms with Crippen LogP contribution >= 0.6 is 0 Å². The average molecular weight is 284 g/mol. The van der Waals surface area contributed by atoms with E-state index in [1.807, 2.05) is 0 Å². The van der Waals surface area contributed by atoms with Gasteiger partial charge in [-0.2, -0.15) is 0 Å². The number of nitrogens with zero attached hydrogens (tertiary/aromatic N) is 1. The van der Waals surface area contributed by atoms with Gasteiger partial charge in [0.05, 0.1) is 0 Å². The summed E-state index contributed by atoms with van der Waals surface area (Å²) in [4.78, 5) is 6.05. The largest absolute Gasteiger partial charge is 0.396 e. The van der Waals surface area contributed by atoms with Gasteiger partial charge in [0.25, 0.3) is 0 Å². The first-order valence-corrected chi connectivity index (χ1v) is 8.14. The summed E-state index contributed by atoms with van der Waals surface area (Å²) in [5.41, 5.74) is 4.22. The molecule has 1 aliphatic carbocycles. The fraction of sp³-hybridized carbons (Fsp3) is 0.556. The molecule has 1 aliphatic heterocycles. The molecule has 2 heterocycles. The first-order chi connectivity index (χ1) is 10.2. The highest BCUT2D eigenvalue weighted by Crippen LogP contribution is 2.45. The minimum atomic E-state index is 0.308. The van der Waals surface area contributed by atoms with Crippen LogP contribution in [-0.2, 0) is 6.42 Å². The number of nitrogens with one attached hydrogen (secondary N) is 1. The van der Waals surface area contributed by atoms with Crippen molar-refractivity contribution >= 4 is 10.9 Å². The molecule has 0 radical (unpaired) electrons. The van der Waals surface area contributed by atoms with Gasteiger partial charge in [-0.05, 0) is 49.8 Å². The van der Waals surface area contributed by atoms with Crippen LogP contribution in [0.3, 0.4) is 0 Å². The van der Waals surface area contributed by atoms with Crippen LogP contribution in [0.25, 0.3) is 10.9 Å². The summed E-state index contributed by atoms with van der Waals surface area (Å²) in [5, 5.41) is 11.1. The smallest absolute Gasteiger partial charge is 0.0471 e. The predicted molar refractivity (Wildman–Crippen MR) is 85.6 cm³/mol. The molecule has 2 aliphatic rings. The lowest BCUT2D eigenvalue weighted by atomic mass is 9.72.